The number of rotatable bonds is 6. The molecule has 0 saturated carbocycles. The van der Waals surface area contributed by atoms with Crippen molar-refractivity contribution in [2.24, 2.45) is 0 Å². The van der Waals surface area contributed by atoms with Gasteiger partial charge in [-0.05, 0) is 12.8 Å². The zero-order chi connectivity index (χ0) is 12.8. The van der Waals surface area contributed by atoms with Gasteiger partial charge in [-0.25, -0.2) is 0 Å². The molecular weight excluding hydrogens is 230 g/mol. The van der Waals surface area contributed by atoms with Gasteiger partial charge in [-0.15, -0.1) is 0 Å². The summed E-state index contributed by atoms with van der Waals surface area (Å²) in [4.78, 5) is 12.0. The Morgan fingerprint density at radius 2 is 2.00 bits per heavy atom. The Balaban J connectivity index is 2.04. The van der Waals surface area contributed by atoms with E-state index in [4.69, 9.17) is 9.63 Å². The van der Waals surface area contributed by atoms with Gasteiger partial charge in [0.2, 0.25) is 5.78 Å². The van der Waals surface area contributed by atoms with Crippen molar-refractivity contribution in [3.05, 3.63) is 53.4 Å². The molecule has 1 N–H and O–H groups in total. The molecule has 1 aromatic carbocycles. The average Bonchev–Trinajstić information content (AvgIpc) is 2.88. The van der Waals surface area contributed by atoms with Gasteiger partial charge in [-0.2, -0.15) is 0 Å². The standard InChI is InChI=1S/C14H15NO3/c16-9-5-4-8-12-10-13(15-18-12)14(17)11-6-2-1-3-7-11/h1-3,6-7,10,16H,4-5,8-9H2. The van der Waals surface area contributed by atoms with Gasteiger partial charge in [-0.3, -0.25) is 4.79 Å². The molecule has 1 aromatic heterocycles. The maximum atomic E-state index is 12.0. The van der Waals surface area contributed by atoms with E-state index in [1.165, 1.54) is 0 Å². The monoisotopic (exact) mass is 245 g/mol. The van der Waals surface area contributed by atoms with Crippen molar-refractivity contribution in [3.8, 4) is 0 Å². The zero-order valence-electron chi connectivity index (χ0n) is 10.0. The fourth-order valence-electron chi connectivity index (χ4n) is 1.69. The van der Waals surface area contributed by atoms with Gasteiger partial charge >= 0.3 is 0 Å². The summed E-state index contributed by atoms with van der Waals surface area (Å²) in [6, 6.07) is 10.7. The molecule has 0 spiro atoms. The number of nitrogens with zero attached hydrogens (tertiary/aromatic N) is 1. The fraction of sp³-hybridized carbons (Fsp3) is 0.286. The van der Waals surface area contributed by atoms with Crippen LogP contribution in [0, 0.1) is 0 Å². The normalized spacial score (nSPS) is 10.5. The highest BCUT2D eigenvalue weighted by atomic mass is 16.5. The van der Waals surface area contributed by atoms with E-state index < -0.39 is 0 Å². The predicted molar refractivity (Wildman–Crippen MR) is 66.4 cm³/mol. The highest BCUT2D eigenvalue weighted by Crippen LogP contribution is 2.12. The van der Waals surface area contributed by atoms with Crippen LogP contribution in [0.2, 0.25) is 0 Å². The van der Waals surface area contributed by atoms with Crippen molar-refractivity contribution >= 4 is 5.78 Å². The maximum absolute atomic E-state index is 12.0. The predicted octanol–water partition coefficient (Wildman–Crippen LogP) is 2.22. The molecule has 0 radical (unpaired) electrons. The third-order valence-electron chi connectivity index (χ3n) is 2.66. The van der Waals surface area contributed by atoms with Crippen LogP contribution in [0.3, 0.4) is 0 Å². The van der Waals surface area contributed by atoms with Crippen LogP contribution in [-0.4, -0.2) is 22.7 Å². The number of carbonyl (C=O) groups excluding carboxylic acids is 1. The number of aliphatic hydroxyl groups is 1. The second kappa shape index (κ2) is 6.12. The molecule has 0 unspecified atom stereocenters. The Morgan fingerprint density at radius 3 is 2.72 bits per heavy atom. The molecule has 0 amide bonds. The first-order valence-corrected chi connectivity index (χ1v) is 5.97. The zero-order valence-corrected chi connectivity index (χ0v) is 10.0. The molecule has 0 aliphatic heterocycles. The number of ketones is 1. The van der Waals surface area contributed by atoms with Gasteiger partial charge in [0.1, 0.15) is 5.76 Å². The molecule has 0 aliphatic rings. The van der Waals surface area contributed by atoms with E-state index in [-0.39, 0.29) is 12.4 Å². The van der Waals surface area contributed by atoms with Crippen molar-refractivity contribution in [3.63, 3.8) is 0 Å². The Morgan fingerprint density at radius 1 is 1.22 bits per heavy atom. The number of aryl methyl sites for hydroxylation is 1. The molecule has 0 bridgehead atoms. The maximum Gasteiger partial charge on any atom is 0.214 e. The average molecular weight is 245 g/mol. The largest absolute Gasteiger partial charge is 0.396 e. The highest BCUT2D eigenvalue weighted by Gasteiger charge is 2.13. The summed E-state index contributed by atoms with van der Waals surface area (Å²) in [5.74, 6) is 0.551. The van der Waals surface area contributed by atoms with Gasteiger partial charge in [0, 0.05) is 24.7 Å². The van der Waals surface area contributed by atoms with Gasteiger partial charge < -0.3 is 9.63 Å². The second-order valence-corrected chi connectivity index (χ2v) is 4.05. The minimum absolute atomic E-state index is 0.132. The topological polar surface area (TPSA) is 63.3 Å². The number of aromatic nitrogens is 1. The van der Waals surface area contributed by atoms with Gasteiger partial charge in [0.25, 0.3) is 0 Å². The lowest BCUT2D eigenvalue weighted by atomic mass is 10.1. The van der Waals surface area contributed by atoms with Crippen molar-refractivity contribution < 1.29 is 14.4 Å². The van der Waals surface area contributed by atoms with E-state index in [0.29, 0.717) is 23.4 Å². The summed E-state index contributed by atoms with van der Waals surface area (Å²) >= 11 is 0. The quantitative estimate of drug-likeness (QED) is 0.626. The van der Waals surface area contributed by atoms with E-state index in [1.54, 1.807) is 18.2 Å². The molecule has 4 heteroatoms. The molecule has 2 rings (SSSR count). The molecule has 4 nitrogen and oxygen atoms in total. The van der Waals surface area contributed by atoms with Crippen molar-refractivity contribution in [1.82, 2.24) is 5.16 Å². The molecule has 18 heavy (non-hydrogen) atoms. The Labute approximate surface area is 105 Å². The van der Waals surface area contributed by atoms with Gasteiger partial charge in [0.15, 0.2) is 5.69 Å². The van der Waals surface area contributed by atoms with Crippen LogP contribution in [0.25, 0.3) is 0 Å². The van der Waals surface area contributed by atoms with Crippen LogP contribution in [0.1, 0.15) is 34.7 Å². The number of unbranched alkanes of at least 4 members (excludes halogenated alkanes) is 1. The number of carbonyl (C=O) groups is 1. The molecule has 0 atom stereocenters. The molecule has 94 valence electrons. The Kier molecular flexibility index (Phi) is 4.25. The third-order valence-corrected chi connectivity index (χ3v) is 2.66. The van der Waals surface area contributed by atoms with Crippen LogP contribution >= 0.6 is 0 Å². The Hall–Kier alpha value is -1.94. The second-order valence-electron chi connectivity index (χ2n) is 4.05. The first kappa shape index (κ1) is 12.5. The third kappa shape index (κ3) is 3.05. The molecule has 0 aliphatic carbocycles. The van der Waals surface area contributed by atoms with Crippen LogP contribution in [-0.2, 0) is 6.42 Å². The lowest BCUT2D eigenvalue weighted by molar-refractivity contribution is 0.103. The highest BCUT2D eigenvalue weighted by molar-refractivity contribution is 6.07. The van der Waals surface area contributed by atoms with Crippen LogP contribution < -0.4 is 0 Å². The van der Waals surface area contributed by atoms with Crippen LogP contribution in [0.5, 0.6) is 0 Å². The minimum atomic E-state index is -0.132. The summed E-state index contributed by atoms with van der Waals surface area (Å²) in [5.41, 5.74) is 0.938. The van der Waals surface area contributed by atoms with Gasteiger partial charge in [0.05, 0.1) is 0 Å². The van der Waals surface area contributed by atoms with Gasteiger partial charge in [-0.1, -0.05) is 35.5 Å². The summed E-state index contributed by atoms with van der Waals surface area (Å²) < 4.78 is 5.10. The Bertz CT molecular complexity index is 505. The minimum Gasteiger partial charge on any atom is -0.396 e. The van der Waals surface area contributed by atoms with E-state index in [0.717, 1.165) is 12.8 Å². The van der Waals surface area contributed by atoms with E-state index >= 15 is 0 Å². The number of hydrogen-bond acceptors (Lipinski definition) is 4. The molecule has 2 aromatic rings. The first-order valence-electron chi connectivity index (χ1n) is 5.97. The summed E-state index contributed by atoms with van der Waals surface area (Å²) in [7, 11) is 0. The van der Waals surface area contributed by atoms with E-state index in [9.17, 15) is 4.79 Å². The number of benzene rings is 1. The summed E-state index contributed by atoms with van der Waals surface area (Å²) in [6.45, 7) is 0.171. The SMILES string of the molecule is O=C(c1ccccc1)c1cc(CCCCO)on1. The van der Waals surface area contributed by atoms with Crippen molar-refractivity contribution in [1.29, 1.82) is 0 Å². The number of hydrogen-bond donors (Lipinski definition) is 1. The summed E-state index contributed by atoms with van der Waals surface area (Å²) in [5, 5.41) is 12.5. The number of aliphatic hydroxyl groups excluding tert-OH is 1. The summed E-state index contributed by atoms with van der Waals surface area (Å²) in [6.07, 6.45) is 2.24. The van der Waals surface area contributed by atoms with Crippen LogP contribution in [0.4, 0.5) is 0 Å². The molecular formula is C14H15NO3. The van der Waals surface area contributed by atoms with Crippen molar-refractivity contribution in [2.75, 3.05) is 6.61 Å². The van der Waals surface area contributed by atoms with E-state index in [1.807, 2.05) is 18.2 Å². The van der Waals surface area contributed by atoms with E-state index in [2.05, 4.69) is 5.16 Å². The fourth-order valence-corrected chi connectivity index (χ4v) is 1.69. The lowest BCUT2D eigenvalue weighted by Crippen LogP contribution is -2.00. The molecule has 0 fully saturated rings. The van der Waals surface area contributed by atoms with Crippen molar-refractivity contribution in [2.45, 2.75) is 19.3 Å². The smallest absolute Gasteiger partial charge is 0.214 e. The first-order chi connectivity index (χ1) is 8.81. The molecule has 0 saturated heterocycles. The lowest BCUT2D eigenvalue weighted by Gasteiger charge is -1.94. The van der Waals surface area contributed by atoms with Crippen LogP contribution in [0.15, 0.2) is 40.9 Å². The molecule has 1 heterocycles.